The van der Waals surface area contributed by atoms with E-state index in [1.807, 2.05) is 6.07 Å². The number of ether oxygens (including phenoxy) is 1. The van der Waals surface area contributed by atoms with Gasteiger partial charge in [0.25, 0.3) is 11.8 Å². The van der Waals surface area contributed by atoms with Crippen LogP contribution in [0, 0.1) is 0 Å². The Morgan fingerprint density at radius 2 is 1.66 bits per heavy atom. The van der Waals surface area contributed by atoms with Crippen LogP contribution in [0.15, 0.2) is 67.1 Å². The van der Waals surface area contributed by atoms with Gasteiger partial charge in [0.15, 0.2) is 0 Å². The number of benzene rings is 2. The van der Waals surface area contributed by atoms with Gasteiger partial charge in [0, 0.05) is 30.9 Å². The van der Waals surface area contributed by atoms with E-state index in [-0.39, 0.29) is 37.6 Å². The predicted octanol–water partition coefficient (Wildman–Crippen LogP) is 5.02. The maximum Gasteiger partial charge on any atom is 0.408 e. The molecule has 244 valence electrons. The molecule has 1 atom stereocenters. The van der Waals surface area contributed by atoms with Crippen molar-refractivity contribution in [2.75, 3.05) is 24.5 Å². The second-order valence-electron chi connectivity index (χ2n) is 12.8. The summed E-state index contributed by atoms with van der Waals surface area (Å²) in [6, 6.07) is 15.0. The molecule has 47 heavy (non-hydrogen) atoms. The van der Waals surface area contributed by atoms with Crippen LogP contribution in [0.3, 0.4) is 0 Å². The summed E-state index contributed by atoms with van der Waals surface area (Å²) in [4.78, 5) is 68.9. The zero-order chi connectivity index (χ0) is 33.3. The fraction of sp³-hybridized carbons (Fsp3) is 0.353. The number of nitrogens with one attached hydrogen (secondary N) is 3. The van der Waals surface area contributed by atoms with Crippen molar-refractivity contribution in [3.05, 3.63) is 88.8 Å². The number of amides is 4. The standard InChI is InChI=1S/C34H36ClN7O5/c1-33(2,3)47-32(46)40-34(14-18-41(19-15-34)28-25-12-16-36-27(25)37-20-38-28)31(45)39-26(21-8-10-22(35)11-9-21)13-17-42-29(43)23-6-4-5-7-24(23)30(42)44/h4-12,16,20,26H,13-15,17-19H2,1-3H3,(H,39,45)(H,40,46)(H,36,37,38)/t26-/m0/s1. The first kappa shape index (κ1) is 32.0. The van der Waals surface area contributed by atoms with Gasteiger partial charge in [0.2, 0.25) is 5.91 Å². The molecule has 0 aliphatic carbocycles. The number of nitrogens with zero attached hydrogens (tertiary/aromatic N) is 4. The highest BCUT2D eigenvalue weighted by Crippen LogP contribution is 2.32. The maximum absolute atomic E-state index is 14.4. The van der Waals surface area contributed by atoms with Gasteiger partial charge in [-0.25, -0.2) is 14.8 Å². The SMILES string of the molecule is CC(C)(C)OC(=O)NC1(C(=O)N[C@@H](CCN2C(=O)c3ccccc3C2=O)c2ccc(Cl)cc2)CCN(c2ncnc3[nH]ccc23)CC1. The number of fused-ring (bicyclic) bond motifs is 2. The Bertz CT molecular complexity index is 1790. The van der Waals surface area contributed by atoms with Crippen LogP contribution in [0.2, 0.25) is 5.02 Å². The van der Waals surface area contributed by atoms with Crippen molar-refractivity contribution in [2.24, 2.45) is 0 Å². The third-order valence-electron chi connectivity index (χ3n) is 8.52. The van der Waals surface area contributed by atoms with Crippen LogP contribution >= 0.6 is 11.6 Å². The Balaban J connectivity index is 1.25. The molecule has 1 saturated heterocycles. The molecule has 0 unspecified atom stereocenters. The Morgan fingerprint density at radius 3 is 2.30 bits per heavy atom. The van der Waals surface area contributed by atoms with Crippen LogP contribution in [0.5, 0.6) is 0 Å². The van der Waals surface area contributed by atoms with Crippen molar-refractivity contribution >= 4 is 52.3 Å². The second kappa shape index (κ2) is 12.7. The summed E-state index contributed by atoms with van der Waals surface area (Å²) in [5.74, 6) is -0.408. The molecule has 4 aromatic rings. The van der Waals surface area contributed by atoms with E-state index in [2.05, 4.69) is 30.5 Å². The van der Waals surface area contributed by atoms with Gasteiger partial charge in [0.05, 0.1) is 22.6 Å². The molecule has 3 N–H and O–H groups in total. The van der Waals surface area contributed by atoms with E-state index in [1.165, 1.54) is 11.2 Å². The average molecular weight is 658 g/mol. The monoisotopic (exact) mass is 657 g/mol. The van der Waals surface area contributed by atoms with Crippen LogP contribution in [0.1, 0.15) is 72.4 Å². The molecular weight excluding hydrogens is 622 g/mol. The van der Waals surface area contributed by atoms with E-state index in [0.29, 0.717) is 34.9 Å². The Kier molecular flexibility index (Phi) is 8.63. The Hall–Kier alpha value is -4.97. The largest absolute Gasteiger partial charge is 0.444 e. The molecule has 0 radical (unpaired) electrons. The van der Waals surface area contributed by atoms with Crippen LogP contribution in [0.4, 0.5) is 10.6 Å². The molecule has 0 spiro atoms. The third kappa shape index (κ3) is 6.64. The number of halogens is 1. The molecule has 4 amide bonds. The van der Waals surface area contributed by atoms with Gasteiger partial charge in [-0.05, 0) is 75.9 Å². The fourth-order valence-corrected chi connectivity index (χ4v) is 6.26. The van der Waals surface area contributed by atoms with Gasteiger partial charge in [-0.15, -0.1) is 0 Å². The number of hydrogen-bond donors (Lipinski definition) is 3. The lowest BCUT2D eigenvalue weighted by atomic mass is 9.85. The molecule has 2 aliphatic rings. The van der Waals surface area contributed by atoms with E-state index in [4.69, 9.17) is 16.3 Å². The van der Waals surface area contributed by atoms with Gasteiger partial charge in [-0.1, -0.05) is 35.9 Å². The number of aromatic amines is 1. The second-order valence-corrected chi connectivity index (χ2v) is 13.2. The number of piperidine rings is 1. The first-order chi connectivity index (χ1) is 22.4. The topological polar surface area (TPSA) is 150 Å². The van der Waals surface area contributed by atoms with Crippen LogP contribution < -0.4 is 15.5 Å². The van der Waals surface area contributed by atoms with Crippen LogP contribution in [-0.4, -0.2) is 74.4 Å². The number of H-pyrrole nitrogens is 1. The number of rotatable bonds is 8. The summed E-state index contributed by atoms with van der Waals surface area (Å²) in [6.07, 6.45) is 3.35. The van der Waals surface area contributed by atoms with Crippen molar-refractivity contribution < 1.29 is 23.9 Å². The summed E-state index contributed by atoms with van der Waals surface area (Å²) in [5, 5.41) is 7.42. The quantitative estimate of drug-likeness (QED) is 0.224. The van der Waals surface area contributed by atoms with Gasteiger partial charge in [-0.3, -0.25) is 19.3 Å². The molecule has 6 rings (SSSR count). The molecule has 2 aromatic heterocycles. The van der Waals surface area contributed by atoms with Crippen molar-refractivity contribution in [1.29, 1.82) is 0 Å². The molecular formula is C34H36ClN7O5. The Labute approximate surface area is 276 Å². The highest BCUT2D eigenvalue weighted by Gasteiger charge is 2.45. The van der Waals surface area contributed by atoms with Crippen molar-refractivity contribution in [3.8, 4) is 0 Å². The number of aromatic nitrogens is 3. The lowest BCUT2D eigenvalue weighted by Crippen LogP contribution is -2.64. The van der Waals surface area contributed by atoms with Crippen LogP contribution in [-0.2, 0) is 9.53 Å². The van der Waals surface area contributed by atoms with E-state index in [9.17, 15) is 19.2 Å². The van der Waals surface area contributed by atoms with Crippen molar-refractivity contribution in [1.82, 2.24) is 30.5 Å². The molecule has 1 fully saturated rings. The fourth-order valence-electron chi connectivity index (χ4n) is 6.13. The molecule has 2 aliphatic heterocycles. The number of anilines is 1. The normalized spacial score (nSPS) is 16.6. The average Bonchev–Trinajstić information content (AvgIpc) is 3.62. The minimum atomic E-state index is -1.32. The number of imide groups is 1. The number of carbonyl (C=O) groups excluding carboxylic acids is 4. The summed E-state index contributed by atoms with van der Waals surface area (Å²) in [6.45, 7) is 6.18. The van der Waals surface area contributed by atoms with Gasteiger partial charge in [-0.2, -0.15) is 0 Å². The third-order valence-corrected chi connectivity index (χ3v) is 8.77. The van der Waals surface area contributed by atoms with Gasteiger partial charge < -0.3 is 25.3 Å². The summed E-state index contributed by atoms with van der Waals surface area (Å²) < 4.78 is 5.58. The number of carbonyl (C=O) groups is 4. The van der Waals surface area contributed by atoms with Crippen molar-refractivity contribution in [2.45, 2.75) is 57.2 Å². The molecule has 13 heteroatoms. The lowest BCUT2D eigenvalue weighted by Gasteiger charge is -2.42. The minimum absolute atomic E-state index is 0.0700. The summed E-state index contributed by atoms with van der Waals surface area (Å²) in [5.41, 5.74) is 0.0699. The van der Waals surface area contributed by atoms with E-state index in [0.717, 1.165) is 16.8 Å². The van der Waals surface area contributed by atoms with E-state index in [1.54, 1.807) is 75.5 Å². The number of hydrogen-bond acceptors (Lipinski definition) is 8. The van der Waals surface area contributed by atoms with E-state index < -0.39 is 29.2 Å². The number of alkyl carbamates (subject to hydrolysis) is 1. The van der Waals surface area contributed by atoms with Gasteiger partial charge >= 0.3 is 6.09 Å². The minimum Gasteiger partial charge on any atom is -0.444 e. The predicted molar refractivity (Wildman–Crippen MR) is 176 cm³/mol. The van der Waals surface area contributed by atoms with E-state index >= 15 is 0 Å². The summed E-state index contributed by atoms with van der Waals surface area (Å²) in [7, 11) is 0. The Morgan fingerprint density at radius 1 is 1.00 bits per heavy atom. The van der Waals surface area contributed by atoms with Gasteiger partial charge in [0.1, 0.15) is 28.9 Å². The lowest BCUT2D eigenvalue weighted by molar-refractivity contribution is -0.129. The molecule has 2 aromatic carbocycles. The maximum atomic E-state index is 14.4. The van der Waals surface area contributed by atoms with Crippen molar-refractivity contribution in [3.63, 3.8) is 0 Å². The highest BCUT2D eigenvalue weighted by molar-refractivity contribution is 6.30. The first-order valence-corrected chi connectivity index (χ1v) is 15.9. The molecule has 12 nitrogen and oxygen atoms in total. The van der Waals surface area contributed by atoms with Crippen LogP contribution in [0.25, 0.3) is 11.0 Å². The zero-order valence-corrected chi connectivity index (χ0v) is 27.1. The smallest absolute Gasteiger partial charge is 0.408 e. The first-order valence-electron chi connectivity index (χ1n) is 15.5. The molecule has 4 heterocycles. The molecule has 0 saturated carbocycles. The molecule has 0 bridgehead atoms. The zero-order valence-electron chi connectivity index (χ0n) is 26.4. The summed E-state index contributed by atoms with van der Waals surface area (Å²) >= 11 is 6.18. The highest BCUT2D eigenvalue weighted by atomic mass is 35.5.